The molecular formula is C13H17BrN2O3. The predicted molar refractivity (Wildman–Crippen MR) is 77.2 cm³/mol. The summed E-state index contributed by atoms with van der Waals surface area (Å²) in [5.41, 5.74) is 6.33. The molecule has 0 fully saturated rings. The molecule has 0 saturated carbocycles. The largest absolute Gasteiger partial charge is 0.478 e. The molecule has 1 aromatic rings. The molecule has 19 heavy (non-hydrogen) atoms. The molecule has 1 amide bonds. The summed E-state index contributed by atoms with van der Waals surface area (Å²) >= 11 is 3.20. The van der Waals surface area contributed by atoms with Crippen LogP contribution in [-0.4, -0.2) is 23.0 Å². The van der Waals surface area contributed by atoms with Crippen molar-refractivity contribution in [2.75, 3.05) is 5.32 Å². The highest BCUT2D eigenvalue weighted by Gasteiger charge is 2.19. The van der Waals surface area contributed by atoms with Crippen molar-refractivity contribution < 1.29 is 14.7 Å². The average Bonchev–Trinajstić information content (AvgIpc) is 2.35. The Kier molecular flexibility index (Phi) is 5.50. The summed E-state index contributed by atoms with van der Waals surface area (Å²) in [6.07, 6.45) is 0.799. The SMILES string of the molecule is CCC(C)C(N)C(=O)Nc1cc(Br)cc(C(=O)O)c1. The second-order valence-electron chi connectivity index (χ2n) is 4.43. The first-order chi connectivity index (χ1) is 8.85. The van der Waals surface area contributed by atoms with E-state index in [2.05, 4.69) is 21.2 Å². The van der Waals surface area contributed by atoms with Crippen molar-refractivity contribution in [3.8, 4) is 0 Å². The molecule has 1 aromatic carbocycles. The van der Waals surface area contributed by atoms with Crippen molar-refractivity contribution >= 4 is 33.5 Å². The number of halogens is 1. The van der Waals surface area contributed by atoms with Crippen LogP contribution in [0.4, 0.5) is 5.69 Å². The van der Waals surface area contributed by atoms with Crippen molar-refractivity contribution in [2.45, 2.75) is 26.3 Å². The number of hydrogen-bond donors (Lipinski definition) is 3. The van der Waals surface area contributed by atoms with Crippen LogP contribution < -0.4 is 11.1 Å². The lowest BCUT2D eigenvalue weighted by Crippen LogP contribution is -2.40. The standard InChI is InChI=1S/C13H17BrN2O3/c1-3-7(2)11(15)12(17)16-10-5-8(13(18)19)4-9(14)6-10/h4-7,11H,3,15H2,1-2H3,(H,16,17)(H,18,19). The smallest absolute Gasteiger partial charge is 0.335 e. The van der Waals surface area contributed by atoms with Crippen molar-refractivity contribution in [3.05, 3.63) is 28.2 Å². The number of benzene rings is 1. The van der Waals surface area contributed by atoms with Gasteiger partial charge < -0.3 is 16.2 Å². The summed E-state index contributed by atoms with van der Waals surface area (Å²) in [4.78, 5) is 22.8. The summed E-state index contributed by atoms with van der Waals surface area (Å²) in [7, 11) is 0. The molecule has 0 radical (unpaired) electrons. The fraction of sp³-hybridized carbons (Fsp3) is 0.385. The predicted octanol–water partition coefficient (Wildman–Crippen LogP) is 2.46. The van der Waals surface area contributed by atoms with Crippen molar-refractivity contribution in [2.24, 2.45) is 11.7 Å². The highest BCUT2D eigenvalue weighted by molar-refractivity contribution is 9.10. The van der Waals surface area contributed by atoms with E-state index in [4.69, 9.17) is 10.8 Å². The minimum atomic E-state index is -1.05. The zero-order chi connectivity index (χ0) is 14.6. The van der Waals surface area contributed by atoms with Crippen LogP contribution in [0.3, 0.4) is 0 Å². The van der Waals surface area contributed by atoms with Crippen LogP contribution in [0, 0.1) is 5.92 Å². The van der Waals surface area contributed by atoms with Gasteiger partial charge in [0.1, 0.15) is 0 Å². The van der Waals surface area contributed by atoms with Gasteiger partial charge in [-0.2, -0.15) is 0 Å². The first kappa shape index (κ1) is 15.7. The third-order valence-corrected chi connectivity index (χ3v) is 3.43. The lowest BCUT2D eigenvalue weighted by atomic mass is 9.99. The third-order valence-electron chi connectivity index (χ3n) is 2.97. The summed E-state index contributed by atoms with van der Waals surface area (Å²) in [6.45, 7) is 3.85. The van der Waals surface area contributed by atoms with Gasteiger partial charge in [0.25, 0.3) is 0 Å². The van der Waals surface area contributed by atoms with Gasteiger partial charge in [0.2, 0.25) is 5.91 Å². The zero-order valence-corrected chi connectivity index (χ0v) is 12.4. The molecule has 0 aromatic heterocycles. The Morgan fingerprint density at radius 2 is 2.05 bits per heavy atom. The molecule has 1 rings (SSSR count). The van der Waals surface area contributed by atoms with Crippen LogP contribution in [0.25, 0.3) is 0 Å². The normalized spacial score (nSPS) is 13.7. The average molecular weight is 329 g/mol. The van der Waals surface area contributed by atoms with Crippen molar-refractivity contribution in [1.82, 2.24) is 0 Å². The molecule has 0 aliphatic carbocycles. The molecule has 0 aliphatic heterocycles. The first-order valence-electron chi connectivity index (χ1n) is 5.95. The number of rotatable bonds is 5. The van der Waals surface area contributed by atoms with E-state index in [-0.39, 0.29) is 17.4 Å². The van der Waals surface area contributed by atoms with Gasteiger partial charge in [-0.05, 0) is 24.1 Å². The number of amides is 1. The van der Waals surface area contributed by atoms with E-state index in [1.54, 1.807) is 6.07 Å². The molecule has 4 N–H and O–H groups in total. The van der Waals surface area contributed by atoms with E-state index < -0.39 is 12.0 Å². The Balaban J connectivity index is 2.88. The lowest BCUT2D eigenvalue weighted by molar-refractivity contribution is -0.118. The molecule has 0 bridgehead atoms. The molecule has 6 heteroatoms. The maximum Gasteiger partial charge on any atom is 0.335 e. The molecule has 0 aliphatic rings. The first-order valence-corrected chi connectivity index (χ1v) is 6.74. The van der Waals surface area contributed by atoms with Crippen LogP contribution in [0.5, 0.6) is 0 Å². The fourth-order valence-corrected chi connectivity index (χ4v) is 2.02. The number of hydrogen-bond acceptors (Lipinski definition) is 3. The molecular weight excluding hydrogens is 312 g/mol. The van der Waals surface area contributed by atoms with E-state index in [9.17, 15) is 9.59 Å². The number of anilines is 1. The van der Waals surface area contributed by atoms with Crippen LogP contribution in [0.2, 0.25) is 0 Å². The van der Waals surface area contributed by atoms with Crippen molar-refractivity contribution in [3.63, 3.8) is 0 Å². The van der Waals surface area contributed by atoms with Gasteiger partial charge >= 0.3 is 5.97 Å². The zero-order valence-electron chi connectivity index (χ0n) is 10.8. The number of carbonyl (C=O) groups is 2. The topological polar surface area (TPSA) is 92.4 Å². The van der Waals surface area contributed by atoms with Gasteiger partial charge in [0.05, 0.1) is 11.6 Å². The number of carboxylic acids is 1. The molecule has 0 spiro atoms. The Hall–Kier alpha value is -1.40. The second kappa shape index (κ2) is 6.68. The van der Waals surface area contributed by atoms with Crippen LogP contribution in [0.15, 0.2) is 22.7 Å². The Bertz CT molecular complexity index is 491. The van der Waals surface area contributed by atoms with Gasteiger partial charge in [0, 0.05) is 10.2 Å². The minimum Gasteiger partial charge on any atom is -0.478 e. The molecule has 2 atom stereocenters. The maximum absolute atomic E-state index is 11.9. The maximum atomic E-state index is 11.9. The number of carboxylic acid groups (broad SMARTS) is 1. The van der Waals surface area contributed by atoms with Crippen LogP contribution in [-0.2, 0) is 4.79 Å². The van der Waals surface area contributed by atoms with E-state index in [1.165, 1.54) is 12.1 Å². The van der Waals surface area contributed by atoms with Gasteiger partial charge in [-0.25, -0.2) is 4.79 Å². The number of nitrogens with two attached hydrogens (primary N) is 1. The molecule has 2 unspecified atom stereocenters. The Labute approximate surface area is 120 Å². The van der Waals surface area contributed by atoms with Gasteiger partial charge in [0.15, 0.2) is 0 Å². The van der Waals surface area contributed by atoms with Crippen LogP contribution in [0.1, 0.15) is 30.6 Å². The highest BCUT2D eigenvalue weighted by Crippen LogP contribution is 2.20. The highest BCUT2D eigenvalue weighted by atomic mass is 79.9. The summed E-state index contributed by atoms with van der Waals surface area (Å²) in [5, 5.41) is 11.6. The van der Waals surface area contributed by atoms with E-state index in [0.29, 0.717) is 10.2 Å². The fourth-order valence-electron chi connectivity index (χ4n) is 1.52. The second-order valence-corrected chi connectivity index (χ2v) is 5.35. The Morgan fingerprint density at radius 1 is 1.42 bits per heavy atom. The molecule has 104 valence electrons. The lowest BCUT2D eigenvalue weighted by Gasteiger charge is -2.18. The summed E-state index contributed by atoms with van der Waals surface area (Å²) < 4.78 is 0.583. The summed E-state index contributed by atoms with van der Waals surface area (Å²) in [6, 6.07) is 3.88. The summed E-state index contributed by atoms with van der Waals surface area (Å²) in [5.74, 6) is -1.31. The Morgan fingerprint density at radius 3 is 2.58 bits per heavy atom. The van der Waals surface area contributed by atoms with Crippen LogP contribution >= 0.6 is 15.9 Å². The third kappa shape index (κ3) is 4.33. The van der Waals surface area contributed by atoms with Gasteiger partial charge in [-0.15, -0.1) is 0 Å². The van der Waals surface area contributed by atoms with Gasteiger partial charge in [-0.1, -0.05) is 36.2 Å². The quantitative estimate of drug-likeness (QED) is 0.774. The molecule has 0 heterocycles. The number of carbonyl (C=O) groups excluding carboxylic acids is 1. The van der Waals surface area contributed by atoms with E-state index >= 15 is 0 Å². The monoisotopic (exact) mass is 328 g/mol. The molecule has 5 nitrogen and oxygen atoms in total. The number of aromatic carboxylic acids is 1. The van der Waals surface area contributed by atoms with Crippen molar-refractivity contribution in [1.29, 1.82) is 0 Å². The van der Waals surface area contributed by atoms with Gasteiger partial charge in [-0.3, -0.25) is 4.79 Å². The van der Waals surface area contributed by atoms with E-state index in [0.717, 1.165) is 6.42 Å². The molecule has 0 saturated heterocycles. The number of nitrogens with one attached hydrogen (secondary N) is 1. The minimum absolute atomic E-state index is 0.0612. The van der Waals surface area contributed by atoms with E-state index in [1.807, 2.05) is 13.8 Å².